The summed E-state index contributed by atoms with van der Waals surface area (Å²) in [6.45, 7) is 7.17. The van der Waals surface area contributed by atoms with Gasteiger partial charge in [0.15, 0.2) is 0 Å². The van der Waals surface area contributed by atoms with Gasteiger partial charge >= 0.3 is 0 Å². The molecule has 0 aliphatic rings. The highest BCUT2D eigenvalue weighted by molar-refractivity contribution is 7.12. The number of hydrogen-bond donors (Lipinski definition) is 1. The molecule has 26 heavy (non-hydrogen) atoms. The molecule has 3 rings (SSSR count). The number of rotatable bonds is 7. The van der Waals surface area contributed by atoms with Crippen molar-refractivity contribution in [2.75, 3.05) is 0 Å². The molecular formula is C20H23N3O2S. The number of amides is 1. The molecule has 3 aromatic rings. The van der Waals surface area contributed by atoms with Crippen molar-refractivity contribution in [3.05, 3.63) is 69.7 Å². The molecule has 0 bridgehead atoms. The minimum Gasteiger partial charge on any atom is -0.489 e. The Hall–Kier alpha value is -2.60. The number of carbonyl (C=O) groups excluding carboxylic acids is 1. The lowest BCUT2D eigenvalue weighted by molar-refractivity contribution is 0.0940. The molecule has 0 aliphatic carbocycles. The van der Waals surface area contributed by atoms with Crippen molar-refractivity contribution in [2.45, 2.75) is 40.0 Å². The maximum absolute atomic E-state index is 12.4. The number of nitrogens with zero attached hydrogens (tertiary/aromatic N) is 2. The van der Waals surface area contributed by atoms with Gasteiger partial charge in [0.25, 0.3) is 5.91 Å². The fourth-order valence-corrected chi connectivity index (χ4v) is 3.52. The summed E-state index contributed by atoms with van der Waals surface area (Å²) in [6.07, 6.45) is 3.62. The molecule has 1 aromatic carbocycles. The zero-order valence-electron chi connectivity index (χ0n) is 15.2. The Labute approximate surface area is 157 Å². The fraction of sp³-hybridized carbons (Fsp3) is 0.300. The van der Waals surface area contributed by atoms with E-state index in [2.05, 4.69) is 23.4 Å². The third-order valence-corrected chi connectivity index (χ3v) is 4.98. The van der Waals surface area contributed by atoms with Crippen molar-refractivity contribution in [1.82, 2.24) is 15.1 Å². The van der Waals surface area contributed by atoms with Crippen LogP contribution in [0.1, 0.15) is 33.3 Å². The van der Waals surface area contributed by atoms with Gasteiger partial charge in [0.05, 0.1) is 11.4 Å². The van der Waals surface area contributed by atoms with E-state index in [1.54, 1.807) is 6.20 Å². The van der Waals surface area contributed by atoms with Crippen molar-refractivity contribution in [3.63, 3.8) is 0 Å². The number of nitrogens with one attached hydrogen (secondary N) is 1. The number of ether oxygens (including phenoxy) is 1. The van der Waals surface area contributed by atoms with Gasteiger partial charge in [-0.15, -0.1) is 11.3 Å². The number of hydrogen-bond acceptors (Lipinski definition) is 4. The maximum atomic E-state index is 12.4. The summed E-state index contributed by atoms with van der Waals surface area (Å²) in [5.41, 5.74) is 3.33. The average molecular weight is 369 g/mol. The summed E-state index contributed by atoms with van der Waals surface area (Å²) in [5.74, 6) is 0.813. The molecule has 1 N–H and O–H groups in total. The molecule has 0 aliphatic heterocycles. The van der Waals surface area contributed by atoms with Gasteiger partial charge in [0.2, 0.25) is 0 Å². The van der Waals surface area contributed by atoms with E-state index < -0.39 is 0 Å². The molecule has 1 amide bonds. The zero-order chi connectivity index (χ0) is 18.5. The Morgan fingerprint density at radius 3 is 2.92 bits per heavy atom. The van der Waals surface area contributed by atoms with Crippen LogP contribution in [0.5, 0.6) is 5.75 Å². The quantitative estimate of drug-likeness (QED) is 0.686. The summed E-state index contributed by atoms with van der Waals surface area (Å²) < 4.78 is 7.69. The van der Waals surface area contributed by atoms with Crippen LogP contribution in [0.4, 0.5) is 0 Å². The molecule has 2 aromatic heterocycles. The lowest BCUT2D eigenvalue weighted by atomic mass is 10.1. The molecule has 1 unspecified atom stereocenters. The lowest BCUT2D eigenvalue weighted by Gasteiger charge is -2.13. The van der Waals surface area contributed by atoms with Gasteiger partial charge in [0, 0.05) is 24.0 Å². The van der Waals surface area contributed by atoms with E-state index in [1.807, 2.05) is 54.4 Å². The van der Waals surface area contributed by atoms with Gasteiger partial charge in [-0.05, 0) is 49.9 Å². The first-order valence-electron chi connectivity index (χ1n) is 8.57. The highest BCUT2D eigenvalue weighted by Crippen LogP contribution is 2.22. The molecule has 1 atom stereocenters. The summed E-state index contributed by atoms with van der Waals surface area (Å²) in [4.78, 5) is 13.1. The highest BCUT2D eigenvalue weighted by atomic mass is 32.1. The second kappa shape index (κ2) is 8.19. The fourth-order valence-electron chi connectivity index (χ4n) is 2.72. The second-order valence-corrected chi connectivity index (χ2v) is 7.39. The summed E-state index contributed by atoms with van der Waals surface area (Å²) in [7, 11) is 0. The van der Waals surface area contributed by atoms with Gasteiger partial charge in [-0.2, -0.15) is 5.10 Å². The van der Waals surface area contributed by atoms with Crippen LogP contribution in [-0.4, -0.2) is 21.7 Å². The van der Waals surface area contributed by atoms with Crippen molar-refractivity contribution in [3.8, 4) is 5.75 Å². The first-order valence-corrected chi connectivity index (χ1v) is 9.45. The minimum absolute atomic E-state index is 0.000548. The first-order chi connectivity index (χ1) is 12.5. The Bertz CT molecular complexity index is 871. The molecule has 136 valence electrons. The van der Waals surface area contributed by atoms with Crippen LogP contribution in [0.2, 0.25) is 0 Å². The molecule has 0 saturated carbocycles. The van der Waals surface area contributed by atoms with E-state index in [4.69, 9.17) is 4.74 Å². The largest absolute Gasteiger partial charge is 0.489 e. The van der Waals surface area contributed by atoms with Crippen molar-refractivity contribution >= 4 is 17.2 Å². The lowest BCUT2D eigenvalue weighted by Crippen LogP contribution is -2.35. The van der Waals surface area contributed by atoms with Gasteiger partial charge in [-0.1, -0.05) is 17.7 Å². The normalized spacial score (nSPS) is 12.0. The number of aryl methyl sites for hydroxylation is 2. The second-order valence-electron chi connectivity index (χ2n) is 6.48. The number of aromatic nitrogens is 2. The van der Waals surface area contributed by atoms with Gasteiger partial charge in [0.1, 0.15) is 12.4 Å². The van der Waals surface area contributed by atoms with Crippen LogP contribution in [0.3, 0.4) is 0 Å². The maximum Gasteiger partial charge on any atom is 0.261 e. The van der Waals surface area contributed by atoms with Crippen LogP contribution in [0, 0.1) is 13.8 Å². The van der Waals surface area contributed by atoms with E-state index in [1.165, 1.54) is 16.9 Å². The van der Waals surface area contributed by atoms with Crippen molar-refractivity contribution < 1.29 is 9.53 Å². The molecular weight excluding hydrogens is 346 g/mol. The smallest absolute Gasteiger partial charge is 0.261 e. The third-order valence-electron chi connectivity index (χ3n) is 4.00. The number of benzene rings is 1. The predicted molar refractivity (Wildman–Crippen MR) is 104 cm³/mol. The minimum atomic E-state index is -0.0626. The Kier molecular flexibility index (Phi) is 5.73. The van der Waals surface area contributed by atoms with Crippen LogP contribution in [0.25, 0.3) is 0 Å². The summed E-state index contributed by atoms with van der Waals surface area (Å²) in [6, 6.07) is 9.89. The van der Waals surface area contributed by atoms with Crippen LogP contribution in [0.15, 0.2) is 48.1 Å². The van der Waals surface area contributed by atoms with Gasteiger partial charge in [-0.25, -0.2) is 0 Å². The number of carbonyl (C=O) groups is 1. The Morgan fingerprint density at radius 2 is 2.19 bits per heavy atom. The highest BCUT2D eigenvalue weighted by Gasteiger charge is 2.13. The zero-order valence-corrected chi connectivity index (χ0v) is 16.0. The van der Waals surface area contributed by atoms with Crippen molar-refractivity contribution in [1.29, 1.82) is 0 Å². The monoisotopic (exact) mass is 369 g/mol. The van der Waals surface area contributed by atoms with Crippen molar-refractivity contribution in [2.24, 2.45) is 0 Å². The van der Waals surface area contributed by atoms with E-state index >= 15 is 0 Å². The SMILES string of the molecule is Cc1ccc(OCc2csc(C(=O)NC(C)Cn3cccn3)c2)c(C)c1. The standard InChI is InChI=1S/C20H23N3O2S/c1-14-5-6-18(15(2)9-14)25-12-17-10-19(26-13-17)20(24)22-16(3)11-23-8-4-7-21-23/h4-10,13,16H,11-12H2,1-3H3,(H,22,24). The van der Waals surface area contributed by atoms with E-state index in [-0.39, 0.29) is 11.9 Å². The first kappa shape index (κ1) is 18.2. The third kappa shape index (κ3) is 4.73. The topological polar surface area (TPSA) is 56.1 Å². The van der Waals surface area contributed by atoms with Gasteiger partial charge < -0.3 is 10.1 Å². The molecule has 0 radical (unpaired) electrons. The molecule has 0 spiro atoms. The predicted octanol–water partition coefficient (Wildman–Crippen LogP) is 3.96. The van der Waals surface area contributed by atoms with E-state index in [9.17, 15) is 4.79 Å². The van der Waals surface area contributed by atoms with E-state index in [0.717, 1.165) is 16.9 Å². The Balaban J connectivity index is 1.54. The Morgan fingerprint density at radius 1 is 1.35 bits per heavy atom. The van der Waals surface area contributed by atoms with Gasteiger partial charge in [-0.3, -0.25) is 9.48 Å². The summed E-state index contributed by atoms with van der Waals surface area (Å²) >= 11 is 1.43. The molecule has 5 nitrogen and oxygen atoms in total. The summed E-state index contributed by atoms with van der Waals surface area (Å²) in [5, 5.41) is 9.13. The van der Waals surface area contributed by atoms with Crippen LogP contribution < -0.4 is 10.1 Å². The molecule has 6 heteroatoms. The van der Waals surface area contributed by atoms with Crippen LogP contribution >= 0.6 is 11.3 Å². The molecule has 0 fully saturated rings. The van der Waals surface area contributed by atoms with Crippen LogP contribution in [-0.2, 0) is 13.2 Å². The molecule has 2 heterocycles. The average Bonchev–Trinajstić information content (AvgIpc) is 3.25. The number of thiophene rings is 1. The molecule has 0 saturated heterocycles. The van der Waals surface area contributed by atoms with E-state index in [0.29, 0.717) is 18.0 Å².